The smallest absolute Gasteiger partial charge is 0.124 e. The standard InChI is InChI=1S/C17H28BrFN2/c1-6-10-20-16(17(3,7-2)21(4)5)11-13-8-9-14(19)12-15(13)18/h8-9,12,16,20H,6-7,10-11H2,1-5H3. The maximum absolute atomic E-state index is 13.3. The van der Waals surface area contributed by atoms with E-state index in [4.69, 9.17) is 0 Å². The number of nitrogens with zero attached hydrogens (tertiary/aromatic N) is 1. The first kappa shape index (κ1) is 18.6. The lowest BCUT2D eigenvalue weighted by Crippen LogP contribution is -2.58. The predicted octanol–water partition coefficient (Wildman–Crippen LogP) is 4.23. The highest BCUT2D eigenvalue weighted by molar-refractivity contribution is 9.10. The van der Waals surface area contributed by atoms with E-state index in [1.54, 1.807) is 6.07 Å². The van der Waals surface area contributed by atoms with Gasteiger partial charge >= 0.3 is 0 Å². The van der Waals surface area contributed by atoms with Crippen molar-refractivity contribution in [1.82, 2.24) is 10.2 Å². The highest BCUT2D eigenvalue weighted by Gasteiger charge is 2.34. The van der Waals surface area contributed by atoms with Gasteiger partial charge in [0.15, 0.2) is 0 Å². The maximum Gasteiger partial charge on any atom is 0.124 e. The molecule has 0 spiro atoms. The van der Waals surface area contributed by atoms with Crippen LogP contribution in [0.3, 0.4) is 0 Å². The average molecular weight is 359 g/mol. The number of benzene rings is 1. The number of rotatable bonds is 8. The number of nitrogens with one attached hydrogen (secondary N) is 1. The molecule has 2 atom stereocenters. The fourth-order valence-corrected chi connectivity index (χ4v) is 3.12. The lowest BCUT2D eigenvalue weighted by Gasteiger charge is -2.43. The van der Waals surface area contributed by atoms with E-state index >= 15 is 0 Å². The predicted molar refractivity (Wildman–Crippen MR) is 92.3 cm³/mol. The fourth-order valence-electron chi connectivity index (χ4n) is 2.61. The summed E-state index contributed by atoms with van der Waals surface area (Å²) < 4.78 is 14.1. The molecule has 0 heterocycles. The van der Waals surface area contributed by atoms with E-state index in [0.717, 1.165) is 35.8 Å². The van der Waals surface area contributed by atoms with Crippen LogP contribution in [-0.4, -0.2) is 37.1 Å². The minimum Gasteiger partial charge on any atom is -0.312 e. The van der Waals surface area contributed by atoms with Gasteiger partial charge in [-0.25, -0.2) is 4.39 Å². The molecule has 2 unspecified atom stereocenters. The van der Waals surface area contributed by atoms with Gasteiger partial charge in [-0.15, -0.1) is 0 Å². The SMILES string of the molecule is CCCNC(Cc1ccc(F)cc1Br)C(C)(CC)N(C)C. The van der Waals surface area contributed by atoms with Crippen molar-refractivity contribution in [1.29, 1.82) is 0 Å². The van der Waals surface area contributed by atoms with E-state index in [0.29, 0.717) is 6.04 Å². The van der Waals surface area contributed by atoms with Crippen LogP contribution in [0.4, 0.5) is 4.39 Å². The van der Waals surface area contributed by atoms with Crippen molar-refractivity contribution in [2.75, 3.05) is 20.6 Å². The minimum atomic E-state index is -0.199. The Morgan fingerprint density at radius 2 is 2.00 bits per heavy atom. The largest absolute Gasteiger partial charge is 0.312 e. The minimum absolute atomic E-state index is 0.0585. The third kappa shape index (κ3) is 4.76. The first-order valence-corrected chi connectivity index (χ1v) is 8.49. The van der Waals surface area contributed by atoms with Crippen LogP contribution in [0, 0.1) is 5.82 Å². The molecule has 0 radical (unpaired) electrons. The fraction of sp³-hybridized carbons (Fsp3) is 0.647. The molecule has 1 N–H and O–H groups in total. The second-order valence-electron chi connectivity index (χ2n) is 6.05. The Morgan fingerprint density at radius 3 is 2.48 bits per heavy atom. The lowest BCUT2D eigenvalue weighted by molar-refractivity contribution is 0.112. The molecule has 0 saturated heterocycles. The summed E-state index contributed by atoms with van der Waals surface area (Å²) in [6.45, 7) is 7.68. The molecule has 0 aliphatic heterocycles. The van der Waals surface area contributed by atoms with E-state index in [-0.39, 0.29) is 11.4 Å². The van der Waals surface area contributed by atoms with Crippen LogP contribution < -0.4 is 5.32 Å². The molecule has 0 aliphatic rings. The van der Waals surface area contributed by atoms with Crippen molar-refractivity contribution in [3.63, 3.8) is 0 Å². The van der Waals surface area contributed by atoms with Gasteiger partial charge < -0.3 is 10.2 Å². The van der Waals surface area contributed by atoms with Crippen molar-refractivity contribution in [3.05, 3.63) is 34.1 Å². The van der Waals surface area contributed by atoms with E-state index in [9.17, 15) is 4.39 Å². The summed E-state index contributed by atoms with van der Waals surface area (Å²) in [5.41, 5.74) is 1.20. The Hall–Kier alpha value is -0.450. The quantitative estimate of drug-likeness (QED) is 0.747. The van der Waals surface area contributed by atoms with Crippen molar-refractivity contribution in [2.45, 2.75) is 51.6 Å². The van der Waals surface area contributed by atoms with E-state index in [2.05, 4.69) is 61.0 Å². The zero-order valence-electron chi connectivity index (χ0n) is 13.8. The van der Waals surface area contributed by atoms with Gasteiger partial charge in [-0.3, -0.25) is 0 Å². The molecule has 0 fully saturated rings. The molecule has 4 heteroatoms. The highest BCUT2D eigenvalue weighted by Crippen LogP contribution is 2.27. The van der Waals surface area contributed by atoms with Crippen molar-refractivity contribution >= 4 is 15.9 Å². The van der Waals surface area contributed by atoms with Gasteiger partial charge in [0.2, 0.25) is 0 Å². The third-order valence-corrected chi connectivity index (χ3v) is 5.31. The van der Waals surface area contributed by atoms with Gasteiger partial charge in [0.05, 0.1) is 0 Å². The van der Waals surface area contributed by atoms with Gasteiger partial charge in [0.1, 0.15) is 5.82 Å². The molecule has 120 valence electrons. The van der Waals surface area contributed by atoms with E-state index < -0.39 is 0 Å². The van der Waals surface area contributed by atoms with Crippen molar-refractivity contribution < 1.29 is 4.39 Å². The summed E-state index contributed by atoms with van der Waals surface area (Å²) in [4.78, 5) is 2.29. The second kappa shape index (κ2) is 8.25. The Labute approximate surface area is 137 Å². The summed E-state index contributed by atoms with van der Waals surface area (Å²) in [6, 6.07) is 5.28. The molecule has 0 aromatic heterocycles. The monoisotopic (exact) mass is 358 g/mol. The Kier molecular flexibility index (Phi) is 7.31. The molecule has 21 heavy (non-hydrogen) atoms. The zero-order chi connectivity index (χ0) is 16.0. The molecule has 0 amide bonds. The lowest BCUT2D eigenvalue weighted by atomic mass is 9.84. The summed E-state index contributed by atoms with van der Waals surface area (Å²) in [6.07, 6.45) is 3.04. The third-order valence-electron chi connectivity index (χ3n) is 4.57. The highest BCUT2D eigenvalue weighted by atomic mass is 79.9. The summed E-state index contributed by atoms with van der Waals surface area (Å²) >= 11 is 3.49. The van der Waals surface area contributed by atoms with Gasteiger partial charge in [0, 0.05) is 16.1 Å². The molecule has 1 rings (SSSR count). The van der Waals surface area contributed by atoms with Crippen LogP contribution in [0.5, 0.6) is 0 Å². The maximum atomic E-state index is 13.3. The van der Waals surface area contributed by atoms with Crippen molar-refractivity contribution in [2.24, 2.45) is 0 Å². The molecule has 2 nitrogen and oxygen atoms in total. The van der Waals surface area contributed by atoms with Gasteiger partial charge in [-0.2, -0.15) is 0 Å². The number of likely N-dealkylation sites (N-methyl/N-ethyl adjacent to an activating group) is 1. The summed E-state index contributed by atoms with van der Waals surface area (Å²) in [5.74, 6) is -0.199. The number of halogens is 2. The van der Waals surface area contributed by atoms with Crippen LogP contribution in [0.1, 0.15) is 39.2 Å². The summed E-state index contributed by atoms with van der Waals surface area (Å²) in [7, 11) is 4.26. The second-order valence-corrected chi connectivity index (χ2v) is 6.91. The first-order valence-electron chi connectivity index (χ1n) is 7.69. The molecule has 1 aromatic rings. The Balaban J connectivity index is 3.02. The van der Waals surface area contributed by atoms with Crippen molar-refractivity contribution in [3.8, 4) is 0 Å². The molecule has 0 saturated carbocycles. The molecule has 0 bridgehead atoms. The molecule has 0 aliphatic carbocycles. The number of hydrogen-bond donors (Lipinski definition) is 1. The first-order chi connectivity index (χ1) is 9.85. The van der Waals surface area contributed by atoms with Crippen LogP contribution >= 0.6 is 15.9 Å². The van der Waals surface area contributed by atoms with Gasteiger partial charge in [-0.05, 0) is 64.5 Å². The Morgan fingerprint density at radius 1 is 1.33 bits per heavy atom. The molecular formula is C17H28BrFN2. The Bertz CT molecular complexity index is 450. The van der Waals surface area contributed by atoms with E-state index in [1.165, 1.54) is 6.07 Å². The van der Waals surface area contributed by atoms with Gasteiger partial charge in [-0.1, -0.05) is 35.8 Å². The van der Waals surface area contributed by atoms with Crippen LogP contribution in [0.2, 0.25) is 0 Å². The van der Waals surface area contributed by atoms with Gasteiger partial charge in [0.25, 0.3) is 0 Å². The normalized spacial score (nSPS) is 16.0. The van der Waals surface area contributed by atoms with Crippen LogP contribution in [0.15, 0.2) is 22.7 Å². The van der Waals surface area contributed by atoms with E-state index in [1.807, 2.05) is 6.07 Å². The zero-order valence-corrected chi connectivity index (χ0v) is 15.4. The number of hydrogen-bond acceptors (Lipinski definition) is 2. The average Bonchev–Trinajstić information content (AvgIpc) is 2.44. The topological polar surface area (TPSA) is 15.3 Å². The molecular weight excluding hydrogens is 331 g/mol. The summed E-state index contributed by atoms with van der Waals surface area (Å²) in [5, 5.41) is 3.68. The molecule has 1 aromatic carbocycles. The van der Waals surface area contributed by atoms with Crippen LogP contribution in [0.25, 0.3) is 0 Å². The van der Waals surface area contributed by atoms with Crippen LogP contribution in [-0.2, 0) is 6.42 Å².